The SMILES string of the molecule is O=C(O)Cc1ncc(OC(F)(F)F)c(C(F)(F)F)c1I. The van der Waals surface area contributed by atoms with Crippen LogP contribution >= 0.6 is 22.6 Å². The van der Waals surface area contributed by atoms with Crippen LogP contribution in [0.15, 0.2) is 6.20 Å². The first-order chi connectivity index (χ1) is 8.92. The van der Waals surface area contributed by atoms with Crippen molar-refractivity contribution in [1.29, 1.82) is 0 Å². The fourth-order valence-electron chi connectivity index (χ4n) is 1.24. The highest BCUT2D eigenvalue weighted by Gasteiger charge is 2.42. The molecule has 0 fully saturated rings. The van der Waals surface area contributed by atoms with E-state index >= 15 is 0 Å². The van der Waals surface area contributed by atoms with Crippen LogP contribution in [0.5, 0.6) is 5.75 Å². The summed E-state index contributed by atoms with van der Waals surface area (Å²) in [7, 11) is 0. The average Bonchev–Trinajstić information content (AvgIpc) is 2.17. The van der Waals surface area contributed by atoms with Crippen LogP contribution in [0.4, 0.5) is 26.3 Å². The van der Waals surface area contributed by atoms with Crippen LogP contribution in [0.25, 0.3) is 0 Å². The van der Waals surface area contributed by atoms with E-state index in [2.05, 4.69) is 9.72 Å². The molecule has 0 aliphatic heterocycles. The molecule has 112 valence electrons. The lowest BCUT2D eigenvalue weighted by atomic mass is 10.1. The van der Waals surface area contributed by atoms with Gasteiger partial charge in [0.05, 0.1) is 21.9 Å². The van der Waals surface area contributed by atoms with E-state index in [1.54, 1.807) is 0 Å². The number of carbonyl (C=O) groups is 1. The highest BCUT2D eigenvalue weighted by molar-refractivity contribution is 14.1. The second-order valence-corrected chi connectivity index (χ2v) is 4.45. The molecule has 1 aromatic heterocycles. The summed E-state index contributed by atoms with van der Waals surface area (Å²) in [5.41, 5.74) is -2.21. The number of hydrogen-bond donors (Lipinski definition) is 1. The molecule has 0 aliphatic carbocycles. The van der Waals surface area contributed by atoms with Gasteiger partial charge in [0.15, 0.2) is 5.75 Å². The summed E-state index contributed by atoms with van der Waals surface area (Å²) < 4.78 is 77.0. The number of ether oxygens (including phenoxy) is 1. The normalized spacial score (nSPS) is 12.3. The van der Waals surface area contributed by atoms with Gasteiger partial charge in [-0.05, 0) is 22.6 Å². The van der Waals surface area contributed by atoms with Gasteiger partial charge in [-0.15, -0.1) is 13.2 Å². The number of carboxylic acid groups (broad SMARTS) is 1. The standard InChI is InChI=1S/C9H4F6INO3/c10-8(11,12)6-4(20-9(13,14)15)2-17-3(7(6)16)1-5(18)19/h2H,1H2,(H,18,19). The lowest BCUT2D eigenvalue weighted by molar-refractivity contribution is -0.276. The van der Waals surface area contributed by atoms with E-state index in [0.717, 1.165) is 22.6 Å². The van der Waals surface area contributed by atoms with Crippen molar-refractivity contribution in [1.82, 2.24) is 4.98 Å². The molecule has 1 N–H and O–H groups in total. The zero-order chi connectivity index (χ0) is 15.7. The van der Waals surface area contributed by atoms with Crippen LogP contribution in [0.3, 0.4) is 0 Å². The van der Waals surface area contributed by atoms with Gasteiger partial charge in [-0.25, -0.2) is 0 Å². The Bertz CT molecular complexity index is 528. The summed E-state index contributed by atoms with van der Waals surface area (Å²) in [5, 5.41) is 8.50. The molecule has 1 heterocycles. The molecule has 0 atom stereocenters. The molecular weight excluding hydrogens is 411 g/mol. The van der Waals surface area contributed by atoms with E-state index in [1.807, 2.05) is 0 Å². The molecule has 0 radical (unpaired) electrons. The summed E-state index contributed by atoms with van der Waals surface area (Å²) in [6.07, 6.45) is -11.1. The van der Waals surface area contributed by atoms with Gasteiger partial charge in [-0.1, -0.05) is 0 Å². The number of pyridine rings is 1. The predicted molar refractivity (Wildman–Crippen MR) is 60.0 cm³/mol. The Labute approximate surface area is 120 Å². The number of rotatable bonds is 3. The molecule has 0 aliphatic rings. The lowest BCUT2D eigenvalue weighted by Gasteiger charge is -2.17. The van der Waals surface area contributed by atoms with Crippen molar-refractivity contribution in [3.8, 4) is 5.75 Å². The Morgan fingerprint density at radius 2 is 1.85 bits per heavy atom. The second kappa shape index (κ2) is 5.61. The molecule has 0 saturated heterocycles. The van der Waals surface area contributed by atoms with Crippen molar-refractivity contribution < 1.29 is 41.0 Å². The third-order valence-electron chi connectivity index (χ3n) is 1.88. The van der Waals surface area contributed by atoms with Crippen molar-refractivity contribution in [2.75, 3.05) is 0 Å². The van der Waals surface area contributed by atoms with Crippen LogP contribution in [-0.2, 0) is 17.4 Å². The summed E-state index contributed by atoms with van der Waals surface area (Å²) in [6, 6.07) is 0. The summed E-state index contributed by atoms with van der Waals surface area (Å²) >= 11 is 1.08. The molecular formula is C9H4F6INO3. The molecule has 0 spiro atoms. The van der Waals surface area contributed by atoms with Crippen molar-refractivity contribution in [3.63, 3.8) is 0 Å². The first kappa shape index (κ1) is 16.8. The Kier molecular flexibility index (Phi) is 4.71. The number of carboxylic acids is 1. The van der Waals surface area contributed by atoms with E-state index < -0.39 is 45.5 Å². The highest BCUT2D eigenvalue weighted by atomic mass is 127. The van der Waals surface area contributed by atoms with Gasteiger partial charge in [0.2, 0.25) is 0 Å². The molecule has 11 heteroatoms. The fourth-order valence-corrected chi connectivity index (χ4v) is 2.14. The van der Waals surface area contributed by atoms with Crippen LogP contribution in [0.1, 0.15) is 11.3 Å². The molecule has 0 aromatic carbocycles. The maximum absolute atomic E-state index is 12.8. The fraction of sp³-hybridized carbons (Fsp3) is 0.333. The molecule has 20 heavy (non-hydrogen) atoms. The molecule has 4 nitrogen and oxygen atoms in total. The highest BCUT2D eigenvalue weighted by Crippen LogP contribution is 2.41. The molecule has 0 bridgehead atoms. The van der Waals surface area contributed by atoms with Crippen molar-refractivity contribution in [3.05, 3.63) is 21.0 Å². The van der Waals surface area contributed by atoms with E-state index in [1.165, 1.54) is 0 Å². The smallest absolute Gasteiger partial charge is 0.481 e. The van der Waals surface area contributed by atoms with Crippen LogP contribution in [0.2, 0.25) is 0 Å². The van der Waals surface area contributed by atoms with Gasteiger partial charge in [-0.3, -0.25) is 9.78 Å². The number of nitrogens with zero attached hydrogens (tertiary/aromatic N) is 1. The Morgan fingerprint density at radius 1 is 1.30 bits per heavy atom. The number of halogens is 7. The second-order valence-electron chi connectivity index (χ2n) is 3.37. The van der Waals surface area contributed by atoms with Crippen molar-refractivity contribution >= 4 is 28.6 Å². The maximum Gasteiger partial charge on any atom is 0.573 e. The van der Waals surface area contributed by atoms with Gasteiger partial charge in [0.25, 0.3) is 0 Å². The van der Waals surface area contributed by atoms with Gasteiger partial charge >= 0.3 is 18.5 Å². The largest absolute Gasteiger partial charge is 0.573 e. The van der Waals surface area contributed by atoms with Gasteiger partial charge in [-0.2, -0.15) is 13.2 Å². The first-order valence-corrected chi connectivity index (χ1v) is 5.72. The van der Waals surface area contributed by atoms with Gasteiger partial charge in [0, 0.05) is 0 Å². The zero-order valence-electron chi connectivity index (χ0n) is 9.14. The van der Waals surface area contributed by atoms with E-state index in [4.69, 9.17) is 5.11 Å². The Morgan fingerprint density at radius 3 is 2.25 bits per heavy atom. The molecule has 1 aromatic rings. The topological polar surface area (TPSA) is 59.4 Å². The van der Waals surface area contributed by atoms with Gasteiger partial charge < -0.3 is 9.84 Å². The minimum absolute atomic E-state index is 0.205. The quantitative estimate of drug-likeness (QED) is 0.609. The Balaban J connectivity index is 3.40. The average molecular weight is 415 g/mol. The summed E-state index contributed by atoms with van der Waals surface area (Å²) in [5.74, 6) is -2.99. The molecule has 0 unspecified atom stereocenters. The zero-order valence-corrected chi connectivity index (χ0v) is 11.3. The van der Waals surface area contributed by atoms with E-state index in [-0.39, 0.29) is 6.20 Å². The molecule has 0 amide bonds. The van der Waals surface area contributed by atoms with Crippen LogP contribution in [-0.4, -0.2) is 22.4 Å². The van der Waals surface area contributed by atoms with E-state index in [0.29, 0.717) is 0 Å². The third kappa shape index (κ3) is 4.38. The third-order valence-corrected chi connectivity index (χ3v) is 3.05. The first-order valence-electron chi connectivity index (χ1n) is 4.64. The number of alkyl halides is 6. The number of aromatic nitrogens is 1. The minimum atomic E-state index is -5.32. The van der Waals surface area contributed by atoms with Crippen LogP contribution in [0, 0.1) is 3.57 Å². The van der Waals surface area contributed by atoms with E-state index in [9.17, 15) is 31.1 Å². The number of aliphatic carboxylic acids is 1. The van der Waals surface area contributed by atoms with Crippen molar-refractivity contribution in [2.45, 2.75) is 19.0 Å². The minimum Gasteiger partial charge on any atom is -0.481 e. The lowest BCUT2D eigenvalue weighted by Crippen LogP contribution is -2.22. The summed E-state index contributed by atoms with van der Waals surface area (Å²) in [6.45, 7) is 0. The maximum atomic E-state index is 12.8. The number of hydrogen-bond acceptors (Lipinski definition) is 3. The molecule has 1 rings (SSSR count). The molecule has 0 saturated carbocycles. The van der Waals surface area contributed by atoms with Crippen LogP contribution < -0.4 is 4.74 Å². The monoisotopic (exact) mass is 415 g/mol. The Hall–Kier alpha value is -1.27. The predicted octanol–water partition coefficient (Wildman–Crippen LogP) is 3.23. The van der Waals surface area contributed by atoms with Gasteiger partial charge in [0.1, 0.15) is 5.56 Å². The summed E-state index contributed by atoms with van der Waals surface area (Å²) in [4.78, 5) is 13.7. The van der Waals surface area contributed by atoms with Crippen molar-refractivity contribution in [2.24, 2.45) is 0 Å².